The molecule has 2 rings (SSSR count). The average molecular weight is 510 g/mol. The summed E-state index contributed by atoms with van der Waals surface area (Å²) in [5.74, 6) is -0.637. The molecule has 0 saturated heterocycles. The monoisotopic (exact) mass is 509 g/mol. The highest BCUT2D eigenvalue weighted by Gasteiger charge is 2.34. The molecule has 0 radical (unpaired) electrons. The molecule has 2 unspecified atom stereocenters. The van der Waals surface area contributed by atoms with E-state index in [-0.39, 0.29) is 11.8 Å². The maximum atomic E-state index is 13.8. The summed E-state index contributed by atoms with van der Waals surface area (Å²) in [7, 11) is 0. The minimum atomic E-state index is -0.872. The van der Waals surface area contributed by atoms with E-state index in [2.05, 4.69) is 17.6 Å². The molecular weight excluding hydrogens is 466 g/mol. The van der Waals surface area contributed by atoms with Crippen LogP contribution in [-0.4, -0.2) is 41.0 Å². The van der Waals surface area contributed by atoms with Gasteiger partial charge in [-0.1, -0.05) is 81.1 Å². The van der Waals surface area contributed by atoms with Gasteiger partial charge in [-0.2, -0.15) is 0 Å². The summed E-state index contributed by atoms with van der Waals surface area (Å²) < 4.78 is 5.35. The first-order chi connectivity index (χ1) is 17.5. The summed E-state index contributed by atoms with van der Waals surface area (Å²) in [5, 5.41) is 5.67. The Morgan fingerprint density at radius 2 is 1.54 bits per heavy atom. The summed E-state index contributed by atoms with van der Waals surface area (Å²) in [6, 6.07) is 15.1. The number of ether oxygens (including phenoxy) is 1. The number of alkyl carbamates (subject to hydrolysis) is 1. The van der Waals surface area contributed by atoms with Crippen molar-refractivity contribution in [2.75, 3.05) is 11.9 Å². The van der Waals surface area contributed by atoms with Gasteiger partial charge in [-0.15, -0.1) is 0 Å². The number of unbranched alkanes of at least 4 members (excludes halogenated alkanes) is 4. The Labute approximate surface area is 222 Å². The second-order valence-electron chi connectivity index (χ2n) is 10.4. The van der Waals surface area contributed by atoms with Crippen LogP contribution in [0.15, 0.2) is 54.6 Å². The molecule has 0 aliphatic heterocycles. The number of anilines is 1. The molecule has 0 saturated carbocycles. The van der Waals surface area contributed by atoms with Gasteiger partial charge in [-0.25, -0.2) is 4.79 Å². The van der Waals surface area contributed by atoms with Crippen molar-refractivity contribution >= 4 is 23.6 Å². The smallest absolute Gasteiger partial charge is 0.408 e. The summed E-state index contributed by atoms with van der Waals surface area (Å²) in [5.41, 5.74) is 1.65. The highest BCUT2D eigenvalue weighted by molar-refractivity contribution is 5.99. The number of amides is 3. The van der Waals surface area contributed by atoms with Gasteiger partial charge in [0.2, 0.25) is 5.91 Å². The molecule has 0 aromatic heterocycles. The van der Waals surface area contributed by atoms with Gasteiger partial charge < -0.3 is 20.3 Å². The Morgan fingerprint density at radius 1 is 0.919 bits per heavy atom. The Hall–Kier alpha value is -3.35. The van der Waals surface area contributed by atoms with E-state index < -0.39 is 23.8 Å². The maximum absolute atomic E-state index is 13.8. The summed E-state index contributed by atoms with van der Waals surface area (Å²) in [6.45, 7) is 11.4. The first kappa shape index (κ1) is 29.9. The summed E-state index contributed by atoms with van der Waals surface area (Å²) >= 11 is 0. The highest BCUT2D eigenvalue weighted by Crippen LogP contribution is 2.26. The molecule has 37 heavy (non-hydrogen) atoms. The van der Waals surface area contributed by atoms with Gasteiger partial charge in [0.1, 0.15) is 17.7 Å². The number of hydrogen-bond acceptors (Lipinski definition) is 4. The lowest BCUT2D eigenvalue weighted by molar-refractivity contribution is -0.140. The van der Waals surface area contributed by atoms with E-state index in [0.717, 1.165) is 37.7 Å². The number of para-hydroxylation sites is 1. The number of hydrogen-bond donors (Lipinski definition) is 2. The van der Waals surface area contributed by atoms with Gasteiger partial charge >= 0.3 is 6.09 Å². The zero-order chi connectivity index (χ0) is 27.4. The molecule has 202 valence electrons. The number of aryl methyl sites for hydroxylation is 1. The lowest BCUT2D eigenvalue weighted by Crippen LogP contribution is -2.51. The van der Waals surface area contributed by atoms with Gasteiger partial charge in [-0.3, -0.25) is 9.59 Å². The molecule has 0 aliphatic rings. The normalized spacial score (nSPS) is 12.8. The predicted octanol–water partition coefficient (Wildman–Crippen LogP) is 6.39. The van der Waals surface area contributed by atoms with Crippen molar-refractivity contribution in [3.8, 4) is 0 Å². The molecule has 7 heteroatoms. The van der Waals surface area contributed by atoms with E-state index in [1.165, 1.54) is 0 Å². The molecule has 2 atom stereocenters. The van der Waals surface area contributed by atoms with Crippen molar-refractivity contribution in [3.63, 3.8) is 0 Å². The van der Waals surface area contributed by atoms with Crippen molar-refractivity contribution in [2.24, 2.45) is 0 Å². The van der Waals surface area contributed by atoms with Crippen LogP contribution in [0.4, 0.5) is 10.5 Å². The van der Waals surface area contributed by atoms with Gasteiger partial charge in [0.25, 0.3) is 5.91 Å². The Bertz CT molecular complexity index is 1020. The molecule has 2 aromatic rings. The SMILES string of the molecule is CCCCCCCN(C(=O)C(C)NC(=O)OC(C)(C)C)C(C(=O)Nc1ccccc1C)c1ccccc1. The van der Waals surface area contributed by atoms with Gasteiger partial charge in [0, 0.05) is 12.2 Å². The molecule has 2 aromatic carbocycles. The van der Waals surface area contributed by atoms with E-state index in [1.54, 1.807) is 32.6 Å². The van der Waals surface area contributed by atoms with E-state index in [0.29, 0.717) is 17.8 Å². The van der Waals surface area contributed by atoms with Gasteiger partial charge in [0.15, 0.2) is 0 Å². The molecule has 7 nitrogen and oxygen atoms in total. The first-order valence-electron chi connectivity index (χ1n) is 13.2. The van der Waals surface area contributed by atoms with Gasteiger partial charge in [0.05, 0.1) is 0 Å². The van der Waals surface area contributed by atoms with Crippen LogP contribution < -0.4 is 10.6 Å². The summed E-state index contributed by atoms with van der Waals surface area (Å²) in [4.78, 5) is 41.5. The predicted molar refractivity (Wildman–Crippen MR) is 148 cm³/mol. The number of carbonyl (C=O) groups excluding carboxylic acids is 3. The molecule has 0 spiro atoms. The second-order valence-corrected chi connectivity index (χ2v) is 10.4. The van der Waals surface area contributed by atoms with E-state index in [4.69, 9.17) is 4.74 Å². The first-order valence-corrected chi connectivity index (χ1v) is 13.2. The van der Waals surface area contributed by atoms with Crippen molar-refractivity contribution in [1.29, 1.82) is 0 Å². The Kier molecular flexibility index (Phi) is 11.6. The fourth-order valence-corrected chi connectivity index (χ4v) is 4.07. The van der Waals surface area contributed by atoms with Crippen LogP contribution in [0, 0.1) is 6.92 Å². The number of rotatable bonds is 12. The fraction of sp³-hybridized carbons (Fsp3) is 0.500. The number of carbonyl (C=O) groups is 3. The number of nitrogens with zero attached hydrogens (tertiary/aromatic N) is 1. The quantitative estimate of drug-likeness (QED) is 0.325. The van der Waals surface area contributed by atoms with Crippen molar-refractivity contribution in [3.05, 3.63) is 65.7 Å². The maximum Gasteiger partial charge on any atom is 0.408 e. The number of benzene rings is 2. The summed E-state index contributed by atoms with van der Waals surface area (Å²) in [6.07, 6.45) is 4.34. The van der Waals surface area contributed by atoms with E-state index >= 15 is 0 Å². The standard InChI is InChI=1S/C30H43N3O4/c1-7-8-9-10-16-21-33(28(35)23(3)31-29(36)37-30(4,5)6)26(24-18-12-11-13-19-24)27(34)32-25-20-15-14-17-22(25)2/h11-15,17-20,23,26H,7-10,16,21H2,1-6H3,(H,31,36)(H,32,34). The average Bonchev–Trinajstić information content (AvgIpc) is 2.83. The van der Waals surface area contributed by atoms with E-state index in [9.17, 15) is 14.4 Å². The molecule has 0 heterocycles. The van der Waals surface area contributed by atoms with Crippen LogP contribution in [0.2, 0.25) is 0 Å². The van der Waals surface area contributed by atoms with Crippen LogP contribution in [0.5, 0.6) is 0 Å². The lowest BCUT2D eigenvalue weighted by Gasteiger charge is -2.34. The van der Waals surface area contributed by atoms with Crippen molar-refractivity contribution in [1.82, 2.24) is 10.2 Å². The molecule has 3 amide bonds. The lowest BCUT2D eigenvalue weighted by atomic mass is 10.0. The van der Waals surface area contributed by atoms with Crippen LogP contribution in [0.1, 0.15) is 83.9 Å². The van der Waals surface area contributed by atoms with Crippen LogP contribution in [0.25, 0.3) is 0 Å². The van der Waals surface area contributed by atoms with Crippen LogP contribution >= 0.6 is 0 Å². The zero-order valence-electron chi connectivity index (χ0n) is 23.2. The molecule has 0 aliphatic carbocycles. The van der Waals surface area contributed by atoms with Crippen molar-refractivity contribution in [2.45, 2.75) is 91.3 Å². The third-order valence-corrected chi connectivity index (χ3v) is 5.97. The van der Waals surface area contributed by atoms with Gasteiger partial charge in [-0.05, 0) is 58.2 Å². The van der Waals surface area contributed by atoms with Crippen molar-refractivity contribution < 1.29 is 19.1 Å². The van der Waals surface area contributed by atoms with Crippen LogP contribution in [-0.2, 0) is 14.3 Å². The Balaban J connectivity index is 2.37. The van der Waals surface area contributed by atoms with Crippen LogP contribution in [0.3, 0.4) is 0 Å². The third-order valence-electron chi connectivity index (χ3n) is 5.97. The topological polar surface area (TPSA) is 87.7 Å². The second kappa shape index (κ2) is 14.4. The minimum Gasteiger partial charge on any atom is -0.444 e. The molecule has 0 bridgehead atoms. The largest absolute Gasteiger partial charge is 0.444 e. The molecule has 0 fully saturated rings. The zero-order valence-corrected chi connectivity index (χ0v) is 23.2. The third kappa shape index (κ3) is 9.90. The molecule has 2 N–H and O–H groups in total. The number of nitrogens with one attached hydrogen (secondary N) is 2. The Morgan fingerprint density at radius 3 is 2.16 bits per heavy atom. The molecular formula is C30H43N3O4. The highest BCUT2D eigenvalue weighted by atomic mass is 16.6. The fourth-order valence-electron chi connectivity index (χ4n) is 4.07. The minimum absolute atomic E-state index is 0.299. The van der Waals surface area contributed by atoms with E-state index in [1.807, 2.05) is 61.5 Å².